The molecule has 228 valence electrons. The molecule has 0 fully saturated rings. The molecule has 0 atom stereocenters. The number of nitro groups is 1. The third kappa shape index (κ3) is 5.67. The molecule has 43 heavy (non-hydrogen) atoms. The highest BCUT2D eigenvalue weighted by atomic mass is 35.5. The van der Waals surface area contributed by atoms with Gasteiger partial charge in [-0.1, -0.05) is 50.9 Å². The number of ether oxygens (including phenoxy) is 1. The van der Waals surface area contributed by atoms with Gasteiger partial charge in [0.1, 0.15) is 0 Å². The van der Waals surface area contributed by atoms with Crippen molar-refractivity contribution in [1.29, 1.82) is 0 Å². The van der Waals surface area contributed by atoms with Crippen LogP contribution in [0, 0.1) is 20.9 Å². The smallest absolute Gasteiger partial charge is 0.416 e. The number of hydrogen-bond donors (Lipinski definition) is 0. The van der Waals surface area contributed by atoms with Crippen molar-refractivity contribution in [2.45, 2.75) is 65.5 Å². The fraction of sp³-hybridized carbons (Fsp3) is 0.419. The highest BCUT2D eigenvalue weighted by Gasteiger charge is 2.48. The lowest BCUT2D eigenvalue weighted by molar-refractivity contribution is -0.385. The number of alkyl halides is 3. The molecular weight excluding hydrogens is 608 g/mol. The molecule has 0 bridgehead atoms. The predicted molar refractivity (Wildman–Crippen MR) is 155 cm³/mol. The summed E-state index contributed by atoms with van der Waals surface area (Å²) in [6, 6.07) is 4.84. The second kappa shape index (κ2) is 10.4. The summed E-state index contributed by atoms with van der Waals surface area (Å²) < 4.78 is 45.2. The highest BCUT2D eigenvalue weighted by molar-refractivity contribution is 6.37. The largest absolute Gasteiger partial charge is 0.447 e. The van der Waals surface area contributed by atoms with Crippen molar-refractivity contribution < 1.29 is 32.4 Å². The van der Waals surface area contributed by atoms with Crippen molar-refractivity contribution in [3.63, 3.8) is 0 Å². The number of Topliss-reactive ketones (excluding diaryl/α,β-unsaturated/α-hetero) is 2. The van der Waals surface area contributed by atoms with Crippen LogP contribution in [0.4, 0.5) is 18.9 Å². The van der Waals surface area contributed by atoms with Crippen molar-refractivity contribution in [2.24, 2.45) is 10.8 Å². The second-order valence-corrected chi connectivity index (χ2v) is 13.8. The summed E-state index contributed by atoms with van der Waals surface area (Å²) in [6.45, 7) is 8.10. The topological polar surface area (TPSA) is 89.8 Å². The summed E-state index contributed by atoms with van der Waals surface area (Å²) in [5.74, 6) is -1.60. The maximum absolute atomic E-state index is 13.7. The molecule has 1 heterocycles. The van der Waals surface area contributed by atoms with E-state index < -0.39 is 34.0 Å². The van der Waals surface area contributed by atoms with Gasteiger partial charge < -0.3 is 9.64 Å². The van der Waals surface area contributed by atoms with Gasteiger partial charge in [0, 0.05) is 54.4 Å². The zero-order chi connectivity index (χ0) is 31.8. The number of hydrogen-bond acceptors (Lipinski definition) is 6. The predicted octanol–water partition coefficient (Wildman–Crippen LogP) is 9.03. The Kier molecular flexibility index (Phi) is 7.49. The molecule has 0 unspecified atom stereocenters. The molecule has 0 N–H and O–H groups in total. The number of ketones is 2. The minimum absolute atomic E-state index is 0.0831. The lowest BCUT2D eigenvalue weighted by atomic mass is 9.64. The van der Waals surface area contributed by atoms with Crippen LogP contribution in [0.15, 0.2) is 52.9 Å². The normalized spacial score (nSPS) is 20.3. The van der Waals surface area contributed by atoms with Crippen LogP contribution in [-0.4, -0.2) is 28.4 Å². The van der Waals surface area contributed by atoms with Gasteiger partial charge in [-0.05, 0) is 53.5 Å². The Hall–Kier alpha value is -3.37. The van der Waals surface area contributed by atoms with E-state index in [0.717, 1.165) is 17.5 Å². The molecule has 0 amide bonds. The van der Waals surface area contributed by atoms with Crippen LogP contribution in [0.25, 0.3) is 0 Å². The van der Waals surface area contributed by atoms with Crippen LogP contribution in [-0.2, 0) is 15.8 Å². The summed E-state index contributed by atoms with van der Waals surface area (Å²) in [6.07, 6.45) is -2.98. The maximum atomic E-state index is 13.7. The number of carbonyl (C=O) groups excluding carboxylic acids is 2. The lowest BCUT2D eigenvalue weighted by Crippen LogP contribution is -2.43. The molecule has 0 aromatic heterocycles. The molecule has 1 aliphatic heterocycles. The molecule has 0 spiro atoms. The Bertz CT molecular complexity index is 1580. The Balaban J connectivity index is 1.64. The first-order valence-electron chi connectivity index (χ1n) is 13.6. The molecule has 0 radical (unpaired) electrons. The van der Waals surface area contributed by atoms with E-state index >= 15 is 0 Å². The number of nitrogens with zero attached hydrogens (tertiary/aromatic N) is 2. The molecule has 5 rings (SSSR count). The lowest BCUT2D eigenvalue weighted by Gasteiger charge is -2.48. The monoisotopic (exact) mass is 636 g/mol. The summed E-state index contributed by atoms with van der Waals surface area (Å²) in [5, 5.41) is 11.4. The van der Waals surface area contributed by atoms with Gasteiger partial charge in [0.25, 0.3) is 0 Å². The number of benzene rings is 2. The Morgan fingerprint density at radius 2 is 1.40 bits per heavy atom. The molecule has 2 aromatic rings. The van der Waals surface area contributed by atoms with Gasteiger partial charge in [0.15, 0.2) is 17.3 Å². The third-order valence-corrected chi connectivity index (χ3v) is 8.79. The first-order valence-corrected chi connectivity index (χ1v) is 14.3. The zero-order valence-electron chi connectivity index (χ0n) is 24.1. The van der Waals surface area contributed by atoms with Crippen molar-refractivity contribution >= 4 is 40.5 Å². The van der Waals surface area contributed by atoms with E-state index in [1.165, 1.54) is 12.1 Å². The standard InChI is InChI=1S/C31H29Cl2F3N2O5/c1-29(2)11-20-26(22(39)13-29)25(27-21(37(20)5)12-30(3,4)14-23(27)40)15-8-17(32)28(18(33)9-15)43-24-7-6-16(31(34,35)36)10-19(24)38(41)42/h6-10,25H,11-14H2,1-5H3. The first kappa shape index (κ1) is 31.1. The Morgan fingerprint density at radius 1 is 0.907 bits per heavy atom. The molecule has 0 saturated carbocycles. The van der Waals surface area contributed by atoms with Gasteiger partial charge in [-0.3, -0.25) is 19.7 Å². The van der Waals surface area contributed by atoms with Gasteiger partial charge in [0.05, 0.1) is 20.5 Å². The summed E-state index contributed by atoms with van der Waals surface area (Å²) in [7, 11) is 1.89. The average molecular weight is 637 g/mol. The van der Waals surface area contributed by atoms with Gasteiger partial charge in [0.2, 0.25) is 5.75 Å². The quantitative estimate of drug-likeness (QED) is 0.246. The molecular formula is C31H29Cl2F3N2O5. The molecule has 3 aliphatic rings. The third-order valence-electron chi connectivity index (χ3n) is 8.23. The maximum Gasteiger partial charge on any atom is 0.416 e. The van der Waals surface area contributed by atoms with Crippen molar-refractivity contribution in [3.8, 4) is 11.5 Å². The van der Waals surface area contributed by atoms with E-state index in [2.05, 4.69) is 0 Å². The van der Waals surface area contributed by atoms with Crippen LogP contribution in [0.2, 0.25) is 10.0 Å². The minimum Gasteiger partial charge on any atom is -0.447 e. The van der Waals surface area contributed by atoms with Gasteiger partial charge in [-0.2, -0.15) is 13.2 Å². The highest BCUT2D eigenvalue weighted by Crippen LogP contribution is 2.55. The van der Waals surface area contributed by atoms with E-state index in [-0.39, 0.29) is 38.2 Å². The van der Waals surface area contributed by atoms with Gasteiger partial charge >= 0.3 is 11.9 Å². The van der Waals surface area contributed by atoms with E-state index in [1.807, 2.05) is 39.6 Å². The van der Waals surface area contributed by atoms with Crippen LogP contribution in [0.5, 0.6) is 11.5 Å². The fourth-order valence-corrected chi connectivity index (χ4v) is 6.96. The SMILES string of the molecule is CN1C2=C(C(=O)CC(C)(C)C2)C(c2cc(Cl)c(Oc3ccc(C(F)(F)F)cc3[N+](=O)[O-])c(Cl)c2)C2=C1CC(C)(C)CC2=O. The summed E-state index contributed by atoms with van der Waals surface area (Å²) >= 11 is 13.2. The molecule has 2 aromatic carbocycles. The molecule has 2 aliphatic carbocycles. The van der Waals surface area contributed by atoms with Crippen LogP contribution >= 0.6 is 23.2 Å². The van der Waals surface area contributed by atoms with Crippen LogP contribution in [0.1, 0.15) is 70.4 Å². The summed E-state index contributed by atoms with van der Waals surface area (Å²) in [4.78, 5) is 40.0. The van der Waals surface area contributed by atoms with Crippen molar-refractivity contribution in [2.75, 3.05) is 7.05 Å². The number of halogens is 5. The van der Waals surface area contributed by atoms with Crippen LogP contribution in [0.3, 0.4) is 0 Å². The van der Waals surface area contributed by atoms with Crippen molar-refractivity contribution in [3.05, 3.63) is 84.2 Å². The number of carbonyl (C=O) groups is 2. The number of rotatable bonds is 4. The van der Waals surface area contributed by atoms with Gasteiger partial charge in [-0.15, -0.1) is 0 Å². The second-order valence-electron chi connectivity index (χ2n) is 12.9. The van der Waals surface area contributed by atoms with E-state index in [4.69, 9.17) is 27.9 Å². The Labute approximate surface area is 256 Å². The average Bonchev–Trinajstić information content (AvgIpc) is 2.85. The zero-order valence-corrected chi connectivity index (χ0v) is 25.6. The van der Waals surface area contributed by atoms with Gasteiger partial charge in [-0.25, -0.2) is 0 Å². The summed E-state index contributed by atoms with van der Waals surface area (Å²) in [5.41, 5.74) is 0.451. The van der Waals surface area contributed by atoms with E-state index in [0.29, 0.717) is 54.5 Å². The molecule has 0 saturated heterocycles. The molecule has 12 heteroatoms. The van der Waals surface area contributed by atoms with Crippen molar-refractivity contribution in [1.82, 2.24) is 4.90 Å². The Morgan fingerprint density at radius 3 is 1.84 bits per heavy atom. The van der Waals surface area contributed by atoms with E-state index in [1.54, 1.807) is 0 Å². The fourth-order valence-electron chi connectivity index (χ4n) is 6.37. The number of nitro benzene ring substituents is 1. The molecule has 7 nitrogen and oxygen atoms in total. The first-order chi connectivity index (χ1) is 19.8. The van der Waals surface area contributed by atoms with E-state index in [9.17, 15) is 32.9 Å². The minimum atomic E-state index is -4.80. The van der Waals surface area contributed by atoms with Crippen LogP contribution < -0.4 is 4.74 Å². The number of allylic oxidation sites excluding steroid dienone is 4.